The quantitative estimate of drug-likeness (QED) is 0.334. The standard InChI is InChI=1S/C25H26ClN3O5/c1-28(15-19-14-20(29(31)32)8-13-23(19)26)16-24(30)27-25(17-4-9-21(33-2)10-5-17)18-6-11-22(34-3)12-7-18/h4-14,25H,15-16H2,1-3H3,(H,27,30). The van der Waals surface area contributed by atoms with Crippen LogP contribution in [0.25, 0.3) is 0 Å². The number of carbonyl (C=O) groups excluding carboxylic acids is 1. The number of non-ortho nitro benzene ring substituents is 1. The molecule has 0 bridgehead atoms. The third-order valence-corrected chi connectivity index (χ3v) is 5.67. The zero-order valence-electron chi connectivity index (χ0n) is 19.2. The van der Waals surface area contributed by atoms with Crippen molar-refractivity contribution in [3.8, 4) is 11.5 Å². The Labute approximate surface area is 203 Å². The maximum absolute atomic E-state index is 13.0. The molecule has 0 heterocycles. The molecule has 0 fully saturated rings. The maximum Gasteiger partial charge on any atom is 0.269 e. The first-order valence-corrected chi connectivity index (χ1v) is 10.9. The van der Waals surface area contributed by atoms with Crippen LogP contribution < -0.4 is 14.8 Å². The van der Waals surface area contributed by atoms with Crippen LogP contribution in [0.5, 0.6) is 11.5 Å². The molecule has 0 saturated carbocycles. The smallest absolute Gasteiger partial charge is 0.269 e. The molecular formula is C25H26ClN3O5. The second-order valence-corrected chi connectivity index (χ2v) is 8.16. The molecule has 0 aromatic heterocycles. The Balaban J connectivity index is 1.75. The van der Waals surface area contributed by atoms with Crippen LogP contribution in [0, 0.1) is 10.1 Å². The van der Waals surface area contributed by atoms with Crippen molar-refractivity contribution >= 4 is 23.2 Å². The van der Waals surface area contributed by atoms with Gasteiger partial charge in [-0.3, -0.25) is 19.8 Å². The number of likely N-dealkylation sites (N-methyl/N-ethyl adjacent to an activating group) is 1. The second kappa shape index (κ2) is 11.5. The minimum absolute atomic E-state index is 0.0451. The fraction of sp³-hybridized carbons (Fsp3) is 0.240. The van der Waals surface area contributed by atoms with E-state index in [1.165, 1.54) is 18.2 Å². The summed E-state index contributed by atoms with van der Waals surface area (Å²) in [6.07, 6.45) is 0. The monoisotopic (exact) mass is 483 g/mol. The zero-order chi connectivity index (χ0) is 24.7. The molecule has 34 heavy (non-hydrogen) atoms. The number of methoxy groups -OCH3 is 2. The molecule has 0 aliphatic rings. The van der Waals surface area contributed by atoms with Crippen molar-refractivity contribution in [3.05, 3.63) is 98.6 Å². The lowest BCUT2D eigenvalue weighted by molar-refractivity contribution is -0.384. The average molecular weight is 484 g/mol. The predicted octanol–water partition coefficient (Wildman–Crippen LogP) is 4.60. The molecule has 0 saturated heterocycles. The van der Waals surface area contributed by atoms with Gasteiger partial charge in [0.05, 0.1) is 31.7 Å². The number of carbonyl (C=O) groups is 1. The van der Waals surface area contributed by atoms with Gasteiger partial charge in [-0.2, -0.15) is 0 Å². The number of benzene rings is 3. The highest BCUT2D eigenvalue weighted by atomic mass is 35.5. The SMILES string of the molecule is COc1ccc(C(NC(=O)CN(C)Cc2cc([N+](=O)[O-])ccc2Cl)c2ccc(OC)cc2)cc1. The van der Waals surface area contributed by atoms with Gasteiger partial charge in [-0.05, 0) is 54.1 Å². The maximum atomic E-state index is 13.0. The van der Waals surface area contributed by atoms with Gasteiger partial charge in [0.1, 0.15) is 11.5 Å². The van der Waals surface area contributed by atoms with E-state index in [0.717, 1.165) is 22.6 Å². The fourth-order valence-electron chi connectivity index (χ4n) is 3.55. The van der Waals surface area contributed by atoms with Gasteiger partial charge in [-0.1, -0.05) is 35.9 Å². The Bertz CT molecular complexity index is 1090. The summed E-state index contributed by atoms with van der Waals surface area (Å²) < 4.78 is 10.5. The highest BCUT2D eigenvalue weighted by Crippen LogP contribution is 2.26. The first-order chi connectivity index (χ1) is 16.3. The number of halogens is 1. The van der Waals surface area contributed by atoms with E-state index in [9.17, 15) is 14.9 Å². The van der Waals surface area contributed by atoms with Gasteiger partial charge < -0.3 is 14.8 Å². The van der Waals surface area contributed by atoms with Crippen LogP contribution in [0.2, 0.25) is 5.02 Å². The summed E-state index contributed by atoms with van der Waals surface area (Å²) in [4.78, 5) is 25.3. The van der Waals surface area contributed by atoms with Crippen LogP contribution >= 0.6 is 11.6 Å². The van der Waals surface area contributed by atoms with Gasteiger partial charge in [0.15, 0.2) is 0 Å². The molecule has 1 N–H and O–H groups in total. The van der Waals surface area contributed by atoms with Gasteiger partial charge in [0.2, 0.25) is 5.91 Å². The van der Waals surface area contributed by atoms with E-state index in [-0.39, 0.29) is 30.7 Å². The summed E-state index contributed by atoms with van der Waals surface area (Å²) in [7, 11) is 4.95. The Morgan fingerprint density at radius 3 is 2.00 bits per heavy atom. The Morgan fingerprint density at radius 1 is 1.00 bits per heavy atom. The summed E-state index contributed by atoms with van der Waals surface area (Å²) in [5.74, 6) is 1.23. The second-order valence-electron chi connectivity index (χ2n) is 7.75. The zero-order valence-corrected chi connectivity index (χ0v) is 19.9. The Morgan fingerprint density at radius 2 is 1.53 bits per heavy atom. The molecule has 3 aromatic carbocycles. The predicted molar refractivity (Wildman–Crippen MR) is 130 cm³/mol. The van der Waals surface area contributed by atoms with Gasteiger partial charge in [-0.15, -0.1) is 0 Å². The first kappa shape index (κ1) is 25.0. The lowest BCUT2D eigenvalue weighted by Crippen LogP contribution is -2.37. The van der Waals surface area contributed by atoms with Crippen molar-refractivity contribution < 1.29 is 19.2 Å². The van der Waals surface area contributed by atoms with E-state index in [1.807, 2.05) is 48.5 Å². The van der Waals surface area contributed by atoms with Crippen molar-refractivity contribution in [2.45, 2.75) is 12.6 Å². The van der Waals surface area contributed by atoms with Crippen LogP contribution in [-0.4, -0.2) is 43.5 Å². The molecular weight excluding hydrogens is 458 g/mol. The fourth-order valence-corrected chi connectivity index (χ4v) is 3.72. The first-order valence-electron chi connectivity index (χ1n) is 10.5. The van der Waals surface area contributed by atoms with Crippen molar-refractivity contribution in [2.75, 3.05) is 27.8 Å². The largest absolute Gasteiger partial charge is 0.497 e. The molecule has 1 amide bonds. The van der Waals surface area contributed by atoms with Crippen LogP contribution in [0.4, 0.5) is 5.69 Å². The number of hydrogen-bond donors (Lipinski definition) is 1. The number of nitro groups is 1. The van der Waals surface area contributed by atoms with Crippen LogP contribution in [0.15, 0.2) is 66.7 Å². The Kier molecular flexibility index (Phi) is 8.45. The number of nitro benzene ring substituents is 1. The third-order valence-electron chi connectivity index (χ3n) is 5.30. The van der Waals surface area contributed by atoms with Gasteiger partial charge in [0.25, 0.3) is 5.69 Å². The summed E-state index contributed by atoms with van der Waals surface area (Å²) in [5.41, 5.74) is 2.32. The molecule has 0 atom stereocenters. The highest BCUT2D eigenvalue weighted by Gasteiger charge is 2.19. The number of rotatable bonds is 10. The van der Waals surface area contributed by atoms with Crippen LogP contribution in [-0.2, 0) is 11.3 Å². The molecule has 3 rings (SSSR count). The number of nitrogens with one attached hydrogen (secondary N) is 1. The molecule has 0 unspecified atom stereocenters. The molecule has 178 valence electrons. The van der Waals surface area contributed by atoms with Crippen molar-refractivity contribution in [1.82, 2.24) is 10.2 Å². The van der Waals surface area contributed by atoms with E-state index in [1.54, 1.807) is 26.2 Å². The Hall–Kier alpha value is -3.62. The topological polar surface area (TPSA) is 93.9 Å². The summed E-state index contributed by atoms with van der Waals surface area (Å²) in [6, 6.07) is 18.9. The van der Waals surface area contributed by atoms with Crippen molar-refractivity contribution in [3.63, 3.8) is 0 Å². The summed E-state index contributed by atoms with van der Waals surface area (Å²) >= 11 is 6.21. The van der Waals surface area contributed by atoms with E-state index in [4.69, 9.17) is 21.1 Å². The van der Waals surface area contributed by atoms with Gasteiger partial charge >= 0.3 is 0 Å². The molecule has 3 aromatic rings. The van der Waals surface area contributed by atoms with Crippen LogP contribution in [0.3, 0.4) is 0 Å². The van der Waals surface area contributed by atoms with Crippen molar-refractivity contribution in [2.24, 2.45) is 0 Å². The molecule has 0 spiro atoms. The third kappa shape index (κ3) is 6.46. The molecule has 0 aliphatic heterocycles. The van der Waals surface area contributed by atoms with Gasteiger partial charge in [-0.25, -0.2) is 0 Å². The lowest BCUT2D eigenvalue weighted by atomic mass is 9.98. The normalized spacial score (nSPS) is 10.9. The molecule has 0 radical (unpaired) electrons. The van der Waals surface area contributed by atoms with E-state index in [2.05, 4.69) is 5.32 Å². The molecule has 9 heteroatoms. The van der Waals surface area contributed by atoms with E-state index >= 15 is 0 Å². The highest BCUT2D eigenvalue weighted by molar-refractivity contribution is 6.31. The molecule has 8 nitrogen and oxygen atoms in total. The summed E-state index contributed by atoms with van der Waals surface area (Å²) in [5, 5.41) is 14.6. The number of hydrogen-bond acceptors (Lipinski definition) is 6. The number of nitrogens with zero attached hydrogens (tertiary/aromatic N) is 2. The minimum atomic E-state index is -0.471. The van der Waals surface area contributed by atoms with E-state index in [0.29, 0.717) is 10.6 Å². The van der Waals surface area contributed by atoms with Gasteiger partial charge in [0, 0.05) is 23.7 Å². The van der Waals surface area contributed by atoms with Crippen molar-refractivity contribution in [1.29, 1.82) is 0 Å². The minimum Gasteiger partial charge on any atom is -0.497 e. The van der Waals surface area contributed by atoms with Crippen LogP contribution in [0.1, 0.15) is 22.7 Å². The van der Waals surface area contributed by atoms with E-state index < -0.39 is 4.92 Å². The number of ether oxygens (including phenoxy) is 2. The number of amides is 1. The average Bonchev–Trinajstić information content (AvgIpc) is 2.84. The lowest BCUT2D eigenvalue weighted by Gasteiger charge is -2.23. The summed E-state index contributed by atoms with van der Waals surface area (Å²) in [6.45, 7) is 0.353. The molecule has 0 aliphatic carbocycles.